The first kappa shape index (κ1) is 13.1. The van der Waals surface area contributed by atoms with Gasteiger partial charge in [0.15, 0.2) is 6.73 Å². The van der Waals surface area contributed by atoms with Crippen molar-refractivity contribution < 1.29 is 13.9 Å². The monoisotopic (exact) mass is 259 g/mol. The van der Waals surface area contributed by atoms with Gasteiger partial charge in [-0.3, -0.25) is 0 Å². The molecule has 3 nitrogen and oxygen atoms in total. The molecule has 0 unspecified atom stereocenters. The van der Waals surface area contributed by atoms with Crippen LogP contribution in [0.15, 0.2) is 48.5 Å². The Hall–Kier alpha value is -2.36. The summed E-state index contributed by atoms with van der Waals surface area (Å²) >= 11 is 0. The lowest BCUT2D eigenvalue weighted by Gasteiger charge is -2.09. The second-order valence-corrected chi connectivity index (χ2v) is 4.08. The molecule has 0 aliphatic carbocycles. The number of hydrogen-bond donors (Lipinski definition) is 1. The summed E-state index contributed by atoms with van der Waals surface area (Å²) in [5.41, 5.74) is 1.96. The fourth-order valence-corrected chi connectivity index (χ4v) is 1.66. The quantitative estimate of drug-likeness (QED) is 0.676. The Morgan fingerprint density at radius 3 is 2.74 bits per heavy atom. The fraction of sp³-hybridized carbons (Fsp3) is 0.133. The zero-order valence-corrected chi connectivity index (χ0v) is 10.5. The summed E-state index contributed by atoms with van der Waals surface area (Å²) in [5, 5.41) is 2.82. The highest BCUT2D eigenvalue weighted by Gasteiger charge is 2.08. The molecule has 98 valence electrons. The van der Waals surface area contributed by atoms with E-state index in [1.54, 1.807) is 24.3 Å². The smallest absolute Gasteiger partial charge is 0.340 e. The first-order valence-electron chi connectivity index (χ1n) is 5.89. The minimum Gasteiger partial charge on any atom is -0.441 e. The van der Waals surface area contributed by atoms with E-state index < -0.39 is 5.97 Å². The van der Waals surface area contributed by atoms with Crippen molar-refractivity contribution in [2.24, 2.45) is 0 Å². The van der Waals surface area contributed by atoms with Crippen LogP contribution in [0.4, 0.5) is 10.1 Å². The molecule has 0 bridgehead atoms. The van der Waals surface area contributed by atoms with Gasteiger partial charge in [0.1, 0.15) is 5.82 Å². The number of anilines is 1. The molecule has 0 fully saturated rings. The Balaban J connectivity index is 1.90. The van der Waals surface area contributed by atoms with E-state index in [0.29, 0.717) is 11.3 Å². The maximum absolute atomic E-state index is 12.9. The predicted molar refractivity (Wildman–Crippen MR) is 71.5 cm³/mol. The van der Waals surface area contributed by atoms with Gasteiger partial charge in [0.05, 0.1) is 5.56 Å². The standard InChI is InChI=1S/C15H14FNO2/c1-11-5-2-3-8-14(11)15(18)19-10-17-13-7-4-6-12(16)9-13/h2-9,17H,10H2,1H3. The van der Waals surface area contributed by atoms with Gasteiger partial charge < -0.3 is 10.1 Å². The average Bonchev–Trinajstić information content (AvgIpc) is 2.39. The molecule has 0 aromatic heterocycles. The third-order valence-electron chi connectivity index (χ3n) is 2.67. The van der Waals surface area contributed by atoms with Gasteiger partial charge in [-0.25, -0.2) is 9.18 Å². The summed E-state index contributed by atoms with van der Waals surface area (Å²) in [7, 11) is 0. The molecule has 2 aromatic rings. The number of nitrogens with one attached hydrogen (secondary N) is 1. The lowest BCUT2D eigenvalue weighted by molar-refractivity contribution is 0.0533. The highest BCUT2D eigenvalue weighted by Crippen LogP contribution is 2.10. The molecule has 2 rings (SSSR count). The summed E-state index contributed by atoms with van der Waals surface area (Å²) < 4.78 is 18.0. The Kier molecular flexibility index (Phi) is 4.13. The van der Waals surface area contributed by atoms with E-state index in [2.05, 4.69) is 5.32 Å². The minimum atomic E-state index is -0.401. The van der Waals surface area contributed by atoms with E-state index in [1.165, 1.54) is 12.1 Å². The van der Waals surface area contributed by atoms with Gasteiger partial charge in [-0.1, -0.05) is 24.3 Å². The molecule has 0 aliphatic rings. The number of esters is 1. The van der Waals surface area contributed by atoms with Gasteiger partial charge in [0, 0.05) is 5.69 Å². The molecule has 0 radical (unpaired) electrons. The van der Waals surface area contributed by atoms with Crippen LogP contribution in [0, 0.1) is 12.7 Å². The van der Waals surface area contributed by atoms with Crippen molar-refractivity contribution in [2.45, 2.75) is 6.92 Å². The van der Waals surface area contributed by atoms with Gasteiger partial charge in [0.25, 0.3) is 0 Å². The maximum Gasteiger partial charge on any atom is 0.340 e. The molecule has 4 heteroatoms. The fourth-order valence-electron chi connectivity index (χ4n) is 1.66. The van der Waals surface area contributed by atoms with E-state index in [1.807, 2.05) is 19.1 Å². The van der Waals surface area contributed by atoms with E-state index in [0.717, 1.165) is 5.56 Å². The van der Waals surface area contributed by atoms with Crippen molar-refractivity contribution in [1.29, 1.82) is 0 Å². The third-order valence-corrected chi connectivity index (χ3v) is 2.67. The van der Waals surface area contributed by atoms with Crippen molar-refractivity contribution in [3.8, 4) is 0 Å². The molecule has 19 heavy (non-hydrogen) atoms. The van der Waals surface area contributed by atoms with E-state index in [4.69, 9.17) is 4.74 Å². The predicted octanol–water partition coefficient (Wildman–Crippen LogP) is 3.36. The maximum atomic E-state index is 12.9. The van der Waals surface area contributed by atoms with Gasteiger partial charge in [-0.15, -0.1) is 0 Å². The van der Waals surface area contributed by atoms with Crippen molar-refractivity contribution in [3.63, 3.8) is 0 Å². The van der Waals surface area contributed by atoms with E-state index in [9.17, 15) is 9.18 Å². The van der Waals surface area contributed by atoms with Crippen molar-refractivity contribution in [1.82, 2.24) is 0 Å². The first-order chi connectivity index (χ1) is 9.16. The molecule has 0 saturated heterocycles. The average molecular weight is 259 g/mol. The molecular formula is C15H14FNO2. The SMILES string of the molecule is Cc1ccccc1C(=O)OCNc1cccc(F)c1. The molecular weight excluding hydrogens is 245 g/mol. The van der Waals surface area contributed by atoms with Crippen LogP contribution in [-0.2, 0) is 4.74 Å². The summed E-state index contributed by atoms with van der Waals surface area (Å²) in [4.78, 5) is 11.8. The Bertz CT molecular complexity index is 584. The van der Waals surface area contributed by atoms with Gasteiger partial charge in [-0.2, -0.15) is 0 Å². The van der Waals surface area contributed by atoms with Crippen molar-refractivity contribution >= 4 is 11.7 Å². The number of benzene rings is 2. The zero-order valence-electron chi connectivity index (χ0n) is 10.5. The highest BCUT2D eigenvalue weighted by molar-refractivity contribution is 5.91. The number of ether oxygens (including phenoxy) is 1. The summed E-state index contributed by atoms with van der Waals surface area (Å²) in [6.07, 6.45) is 0. The van der Waals surface area contributed by atoms with Crippen LogP contribution in [-0.4, -0.2) is 12.7 Å². The van der Waals surface area contributed by atoms with E-state index in [-0.39, 0.29) is 12.5 Å². The molecule has 1 N–H and O–H groups in total. The summed E-state index contributed by atoms with van der Waals surface area (Å²) in [5.74, 6) is -0.739. The Labute approximate surface area is 111 Å². The van der Waals surface area contributed by atoms with Crippen LogP contribution >= 0.6 is 0 Å². The number of carbonyl (C=O) groups is 1. The minimum absolute atomic E-state index is 0.00335. The molecule has 0 spiro atoms. The molecule has 2 aromatic carbocycles. The van der Waals surface area contributed by atoms with Crippen LogP contribution in [0.3, 0.4) is 0 Å². The normalized spacial score (nSPS) is 10.0. The molecule has 0 aliphatic heterocycles. The van der Waals surface area contributed by atoms with Crippen LogP contribution in [0.5, 0.6) is 0 Å². The first-order valence-corrected chi connectivity index (χ1v) is 5.89. The van der Waals surface area contributed by atoms with Crippen molar-refractivity contribution in [2.75, 3.05) is 12.0 Å². The van der Waals surface area contributed by atoms with Crippen molar-refractivity contribution in [3.05, 3.63) is 65.5 Å². The molecule has 0 saturated carbocycles. The number of aryl methyl sites for hydroxylation is 1. The number of halogens is 1. The second-order valence-electron chi connectivity index (χ2n) is 4.08. The van der Waals surface area contributed by atoms with Crippen LogP contribution in [0.2, 0.25) is 0 Å². The third kappa shape index (κ3) is 3.55. The van der Waals surface area contributed by atoms with Gasteiger partial charge >= 0.3 is 5.97 Å². The topological polar surface area (TPSA) is 38.3 Å². The lowest BCUT2D eigenvalue weighted by atomic mass is 10.1. The summed E-state index contributed by atoms with van der Waals surface area (Å²) in [6.45, 7) is 1.84. The van der Waals surface area contributed by atoms with Crippen LogP contribution in [0.1, 0.15) is 15.9 Å². The largest absolute Gasteiger partial charge is 0.441 e. The summed E-state index contributed by atoms with van der Waals surface area (Å²) in [6, 6.07) is 13.2. The van der Waals surface area contributed by atoms with Crippen LogP contribution in [0.25, 0.3) is 0 Å². The second kappa shape index (κ2) is 6.00. The lowest BCUT2D eigenvalue weighted by Crippen LogP contribution is -2.13. The number of rotatable bonds is 4. The highest BCUT2D eigenvalue weighted by atomic mass is 19.1. The molecule has 0 atom stereocenters. The Morgan fingerprint density at radius 1 is 1.21 bits per heavy atom. The molecule has 0 amide bonds. The Morgan fingerprint density at radius 2 is 2.00 bits per heavy atom. The molecule has 0 heterocycles. The number of hydrogen-bond acceptors (Lipinski definition) is 3. The van der Waals surface area contributed by atoms with Crippen LogP contribution < -0.4 is 5.32 Å². The van der Waals surface area contributed by atoms with Gasteiger partial charge in [-0.05, 0) is 36.8 Å². The van der Waals surface area contributed by atoms with Gasteiger partial charge in [0.2, 0.25) is 0 Å². The zero-order chi connectivity index (χ0) is 13.7. The number of carbonyl (C=O) groups excluding carboxylic acids is 1. The van der Waals surface area contributed by atoms with E-state index >= 15 is 0 Å².